The van der Waals surface area contributed by atoms with Gasteiger partial charge in [0.25, 0.3) is 5.91 Å². The van der Waals surface area contributed by atoms with Gasteiger partial charge in [-0.1, -0.05) is 15.9 Å². The van der Waals surface area contributed by atoms with E-state index in [1.807, 2.05) is 24.3 Å². The molecule has 8 heteroatoms. The Morgan fingerprint density at radius 1 is 1.14 bits per heavy atom. The summed E-state index contributed by atoms with van der Waals surface area (Å²) in [5.41, 5.74) is 0.716. The monoisotopic (exact) mass is 443 g/mol. The number of fused-ring (bicyclic) bond motifs is 1. The molecule has 1 aromatic carbocycles. The minimum absolute atomic E-state index is 0.168. The van der Waals surface area contributed by atoms with E-state index in [9.17, 15) is 4.79 Å². The molecule has 1 aliphatic heterocycles. The van der Waals surface area contributed by atoms with Crippen LogP contribution in [0.25, 0.3) is 11.0 Å². The average Bonchev–Trinajstić information content (AvgIpc) is 3.15. The Kier molecular flexibility index (Phi) is 5.87. The molecule has 4 rings (SSSR count). The van der Waals surface area contributed by atoms with Crippen LogP contribution in [0.3, 0.4) is 0 Å². The fraction of sp³-hybridized carbons (Fsp3) is 0.350. The highest BCUT2D eigenvalue weighted by atomic mass is 79.9. The van der Waals surface area contributed by atoms with Crippen LogP contribution in [0.5, 0.6) is 0 Å². The number of carbonyl (C=O) groups is 1. The third kappa shape index (κ3) is 4.51. The third-order valence-electron chi connectivity index (χ3n) is 4.85. The number of nitrogens with one attached hydrogen (secondary N) is 1. The molecule has 1 saturated heterocycles. The van der Waals surface area contributed by atoms with Gasteiger partial charge in [-0.2, -0.15) is 0 Å². The van der Waals surface area contributed by atoms with E-state index >= 15 is 0 Å². The number of piperazine rings is 1. The first-order chi connectivity index (χ1) is 13.7. The van der Waals surface area contributed by atoms with E-state index in [1.54, 1.807) is 18.5 Å². The molecule has 0 bridgehead atoms. The quantitative estimate of drug-likeness (QED) is 0.590. The molecule has 0 atom stereocenters. The van der Waals surface area contributed by atoms with Crippen LogP contribution in [-0.2, 0) is 0 Å². The van der Waals surface area contributed by atoms with Crippen molar-refractivity contribution >= 4 is 38.8 Å². The summed E-state index contributed by atoms with van der Waals surface area (Å²) in [6.07, 6.45) is 4.45. The molecule has 3 aromatic rings. The molecule has 1 amide bonds. The first kappa shape index (κ1) is 18.9. The van der Waals surface area contributed by atoms with E-state index in [0.29, 0.717) is 17.9 Å². The molecule has 0 saturated carbocycles. The van der Waals surface area contributed by atoms with Crippen molar-refractivity contribution in [2.24, 2.45) is 0 Å². The van der Waals surface area contributed by atoms with Crippen LogP contribution in [0.4, 0.5) is 5.95 Å². The lowest BCUT2D eigenvalue weighted by Crippen LogP contribution is -2.47. The summed E-state index contributed by atoms with van der Waals surface area (Å²) in [5, 5.41) is 3.86. The minimum Gasteiger partial charge on any atom is -0.451 e. The van der Waals surface area contributed by atoms with E-state index in [1.165, 1.54) is 0 Å². The Bertz CT molecular complexity index is 938. The van der Waals surface area contributed by atoms with Crippen molar-refractivity contribution in [2.45, 2.75) is 6.42 Å². The van der Waals surface area contributed by atoms with Gasteiger partial charge in [-0.05, 0) is 43.3 Å². The van der Waals surface area contributed by atoms with E-state index < -0.39 is 0 Å². The lowest BCUT2D eigenvalue weighted by Gasteiger charge is -2.34. The molecule has 28 heavy (non-hydrogen) atoms. The summed E-state index contributed by atoms with van der Waals surface area (Å²) < 4.78 is 6.59. The van der Waals surface area contributed by atoms with E-state index in [0.717, 1.165) is 55.0 Å². The molecular weight excluding hydrogens is 422 g/mol. The van der Waals surface area contributed by atoms with Crippen LogP contribution in [0, 0.1) is 0 Å². The van der Waals surface area contributed by atoms with Gasteiger partial charge in [0.15, 0.2) is 5.76 Å². The number of benzene rings is 1. The molecular formula is C20H22BrN5O2. The summed E-state index contributed by atoms with van der Waals surface area (Å²) in [5.74, 6) is 0.982. The zero-order valence-corrected chi connectivity index (χ0v) is 17.1. The van der Waals surface area contributed by atoms with Gasteiger partial charge in [-0.3, -0.25) is 9.69 Å². The van der Waals surface area contributed by atoms with Crippen LogP contribution in [-0.4, -0.2) is 60.0 Å². The number of hydrogen-bond donors (Lipinski definition) is 1. The first-order valence-electron chi connectivity index (χ1n) is 9.41. The van der Waals surface area contributed by atoms with Gasteiger partial charge in [-0.15, -0.1) is 0 Å². The normalized spacial score (nSPS) is 15.1. The van der Waals surface area contributed by atoms with Crippen molar-refractivity contribution in [1.82, 2.24) is 20.2 Å². The highest BCUT2D eigenvalue weighted by Crippen LogP contribution is 2.23. The fourth-order valence-electron chi connectivity index (χ4n) is 3.34. The van der Waals surface area contributed by atoms with Crippen molar-refractivity contribution in [3.05, 3.63) is 53.0 Å². The molecule has 0 unspecified atom stereocenters. The number of rotatable bonds is 6. The summed E-state index contributed by atoms with van der Waals surface area (Å²) >= 11 is 3.43. The SMILES string of the molecule is O=C(NCCCN1CCN(c2ncccn2)CC1)c1cc2cc(Br)ccc2o1. The minimum atomic E-state index is -0.168. The van der Waals surface area contributed by atoms with Gasteiger partial charge in [-0.25, -0.2) is 9.97 Å². The van der Waals surface area contributed by atoms with Gasteiger partial charge in [0.05, 0.1) is 0 Å². The molecule has 1 fully saturated rings. The van der Waals surface area contributed by atoms with Crippen LogP contribution in [0.15, 0.2) is 51.6 Å². The maximum absolute atomic E-state index is 12.3. The number of nitrogens with zero attached hydrogens (tertiary/aromatic N) is 4. The van der Waals surface area contributed by atoms with Crippen molar-refractivity contribution in [2.75, 3.05) is 44.2 Å². The zero-order valence-electron chi connectivity index (χ0n) is 15.5. The molecule has 1 N–H and O–H groups in total. The predicted octanol–water partition coefficient (Wildman–Crippen LogP) is 2.93. The Balaban J connectivity index is 1.19. The molecule has 0 spiro atoms. The molecule has 0 aliphatic carbocycles. The van der Waals surface area contributed by atoms with Crippen molar-refractivity contribution in [3.8, 4) is 0 Å². The fourth-order valence-corrected chi connectivity index (χ4v) is 3.72. The molecule has 1 aliphatic rings. The molecule has 2 aromatic heterocycles. The van der Waals surface area contributed by atoms with E-state index in [-0.39, 0.29) is 5.91 Å². The number of aromatic nitrogens is 2. The summed E-state index contributed by atoms with van der Waals surface area (Å²) in [7, 11) is 0. The Labute approximate surface area is 171 Å². The number of furan rings is 1. The second-order valence-electron chi connectivity index (χ2n) is 6.78. The van der Waals surface area contributed by atoms with Crippen LogP contribution in [0.2, 0.25) is 0 Å². The second-order valence-corrected chi connectivity index (χ2v) is 7.70. The van der Waals surface area contributed by atoms with Crippen LogP contribution < -0.4 is 10.2 Å². The standard InChI is InChI=1S/C20H22BrN5O2/c21-16-3-4-17-15(13-16)14-18(28-17)19(27)22-7-2-8-25-9-11-26(12-10-25)20-23-5-1-6-24-20/h1,3-6,13-14H,2,7-12H2,(H,22,27). The average molecular weight is 444 g/mol. The van der Waals surface area contributed by atoms with Crippen LogP contribution >= 0.6 is 15.9 Å². The maximum Gasteiger partial charge on any atom is 0.287 e. The largest absolute Gasteiger partial charge is 0.451 e. The summed E-state index contributed by atoms with van der Waals surface area (Å²) in [6, 6.07) is 9.31. The molecule has 7 nitrogen and oxygen atoms in total. The topological polar surface area (TPSA) is 74.5 Å². The lowest BCUT2D eigenvalue weighted by molar-refractivity contribution is 0.0926. The van der Waals surface area contributed by atoms with Crippen molar-refractivity contribution in [1.29, 1.82) is 0 Å². The van der Waals surface area contributed by atoms with E-state index in [4.69, 9.17) is 4.42 Å². The first-order valence-corrected chi connectivity index (χ1v) is 10.2. The number of hydrogen-bond acceptors (Lipinski definition) is 6. The number of halogens is 1. The van der Waals surface area contributed by atoms with Crippen molar-refractivity contribution in [3.63, 3.8) is 0 Å². The highest BCUT2D eigenvalue weighted by Gasteiger charge is 2.18. The molecule has 146 valence electrons. The van der Waals surface area contributed by atoms with Gasteiger partial charge < -0.3 is 14.6 Å². The van der Waals surface area contributed by atoms with E-state index in [2.05, 4.69) is 41.0 Å². The highest BCUT2D eigenvalue weighted by molar-refractivity contribution is 9.10. The predicted molar refractivity (Wildman–Crippen MR) is 112 cm³/mol. The van der Waals surface area contributed by atoms with Gasteiger partial charge in [0.1, 0.15) is 5.58 Å². The summed E-state index contributed by atoms with van der Waals surface area (Å²) in [6.45, 7) is 5.38. The smallest absolute Gasteiger partial charge is 0.287 e. The maximum atomic E-state index is 12.3. The van der Waals surface area contributed by atoms with Crippen LogP contribution in [0.1, 0.15) is 17.0 Å². The number of carbonyl (C=O) groups excluding carboxylic acids is 1. The zero-order chi connectivity index (χ0) is 19.3. The number of anilines is 1. The van der Waals surface area contributed by atoms with Gasteiger partial charge in [0.2, 0.25) is 5.95 Å². The summed E-state index contributed by atoms with van der Waals surface area (Å²) in [4.78, 5) is 25.5. The Morgan fingerprint density at radius 2 is 1.93 bits per heavy atom. The lowest BCUT2D eigenvalue weighted by atomic mass is 10.2. The Morgan fingerprint density at radius 3 is 2.71 bits per heavy atom. The Hall–Kier alpha value is -2.45. The third-order valence-corrected chi connectivity index (χ3v) is 5.34. The number of amides is 1. The second kappa shape index (κ2) is 8.70. The molecule has 0 radical (unpaired) electrons. The van der Waals surface area contributed by atoms with Gasteiger partial charge >= 0.3 is 0 Å². The molecule has 3 heterocycles. The van der Waals surface area contributed by atoms with Crippen molar-refractivity contribution < 1.29 is 9.21 Å². The van der Waals surface area contributed by atoms with Gasteiger partial charge in [0, 0.05) is 55.0 Å².